The number of aromatic hydroxyl groups is 1. The Hall–Kier alpha value is -7.62. The van der Waals surface area contributed by atoms with E-state index in [4.69, 9.17) is 4.74 Å². The van der Waals surface area contributed by atoms with Crippen LogP contribution in [0.1, 0.15) is 51.7 Å². The van der Waals surface area contributed by atoms with Crippen LogP contribution in [0.4, 0.5) is 17.6 Å². The summed E-state index contributed by atoms with van der Waals surface area (Å²) in [5.41, 5.74) is 1.76. The quantitative estimate of drug-likeness (QED) is 0.155. The molecule has 12 nitrogen and oxygen atoms in total. The molecule has 16 heteroatoms. The molecule has 4 atom stereocenters. The van der Waals surface area contributed by atoms with Gasteiger partial charge in [0, 0.05) is 49.7 Å². The van der Waals surface area contributed by atoms with Gasteiger partial charge in [-0.2, -0.15) is 10.2 Å². The molecule has 0 unspecified atom stereocenters. The average molecular weight is 825 g/mol. The summed E-state index contributed by atoms with van der Waals surface area (Å²) in [4.78, 5) is 35.5. The van der Waals surface area contributed by atoms with Crippen molar-refractivity contribution in [2.45, 2.75) is 43.9 Å². The van der Waals surface area contributed by atoms with Crippen LogP contribution >= 0.6 is 0 Å². The van der Waals surface area contributed by atoms with Gasteiger partial charge >= 0.3 is 0 Å². The van der Waals surface area contributed by atoms with Gasteiger partial charge in [0.1, 0.15) is 28.8 Å². The Morgan fingerprint density at radius 1 is 0.672 bits per heavy atom. The number of benzene rings is 4. The first-order chi connectivity index (χ1) is 29.5. The molecule has 304 valence electrons. The minimum atomic E-state index is -0.820. The zero-order valence-electron chi connectivity index (χ0n) is 32.0. The van der Waals surface area contributed by atoms with Gasteiger partial charge in [-0.05, 0) is 83.3 Å². The second kappa shape index (κ2) is 14.6. The smallest absolute Gasteiger partial charge is 0.243 e. The third-order valence-electron chi connectivity index (χ3n) is 11.5. The maximum Gasteiger partial charge on any atom is 0.243 e. The van der Waals surface area contributed by atoms with Gasteiger partial charge in [0.15, 0.2) is 29.0 Å². The number of nitrogens with zero attached hydrogens (tertiary/aromatic N) is 8. The standard InChI is InChI=1S/C45H32F4N8O4/c1-24-17-30(48)10-11-31(24)39(25-5-8-28(46)9-6-25)34-23-55-16-14-51-45(55)41-43(36(59)21-53-57(34)41)61-37-19-27(7-12-32(37)49)38(26-3-2-4-29(47)18-26)33-22-54-15-13-50-44(54)40-42(60)35(58)20-52-56(33)40/h2-21,33-34,38-39,60H,22-23H2,1H3/t33-,34-,38+,39+/m1/s1. The molecule has 0 amide bonds. The van der Waals surface area contributed by atoms with Crippen LogP contribution in [0.5, 0.6) is 17.2 Å². The molecule has 6 heterocycles. The molecule has 8 aromatic rings. The molecule has 0 spiro atoms. The molecule has 0 saturated heterocycles. The number of halogens is 4. The number of aromatic nitrogens is 8. The van der Waals surface area contributed by atoms with Crippen molar-refractivity contribution in [2.24, 2.45) is 0 Å². The maximum atomic E-state index is 16.2. The number of fused-ring (bicyclic) bond motifs is 6. The predicted octanol–water partition coefficient (Wildman–Crippen LogP) is 7.66. The largest absolute Gasteiger partial charge is 0.503 e. The summed E-state index contributed by atoms with van der Waals surface area (Å²) in [6.07, 6.45) is 8.54. The Kier molecular flexibility index (Phi) is 9.00. The van der Waals surface area contributed by atoms with E-state index in [1.54, 1.807) is 59.0 Å². The van der Waals surface area contributed by atoms with Crippen molar-refractivity contribution in [2.75, 3.05) is 0 Å². The number of aryl methyl sites for hydroxylation is 1. The van der Waals surface area contributed by atoms with Gasteiger partial charge in [-0.15, -0.1) is 0 Å². The van der Waals surface area contributed by atoms with Crippen molar-refractivity contribution in [1.29, 1.82) is 0 Å². The van der Waals surface area contributed by atoms with E-state index in [2.05, 4.69) is 20.2 Å². The number of imidazole rings is 2. The van der Waals surface area contributed by atoms with Gasteiger partial charge in [-0.1, -0.05) is 36.4 Å². The summed E-state index contributed by atoms with van der Waals surface area (Å²) in [7, 11) is 0. The van der Waals surface area contributed by atoms with Gasteiger partial charge in [-0.3, -0.25) is 19.0 Å². The van der Waals surface area contributed by atoms with Crippen LogP contribution in [0.2, 0.25) is 0 Å². The molecule has 0 radical (unpaired) electrons. The molecular weight excluding hydrogens is 793 g/mol. The summed E-state index contributed by atoms with van der Waals surface area (Å²) >= 11 is 0. The van der Waals surface area contributed by atoms with Crippen LogP contribution in [0.3, 0.4) is 0 Å². The molecule has 0 saturated carbocycles. The molecule has 4 aromatic heterocycles. The topological polar surface area (TPSA) is 135 Å². The summed E-state index contributed by atoms with van der Waals surface area (Å²) in [5, 5.41) is 20.0. The highest BCUT2D eigenvalue weighted by molar-refractivity contribution is 5.63. The van der Waals surface area contributed by atoms with E-state index in [-0.39, 0.29) is 36.0 Å². The maximum absolute atomic E-state index is 16.2. The van der Waals surface area contributed by atoms with E-state index in [1.807, 2.05) is 4.57 Å². The Labute approximate surface area is 343 Å². The zero-order chi connectivity index (χ0) is 42.1. The SMILES string of the molecule is Cc1cc(F)ccc1[C@H](c1ccc(F)cc1)[C@H]1Cn2ccnc2-c2c(Oc3cc([C@H](c4cccc(F)c4)[C@H]4Cn5ccnc5-c5c(O)c(=O)cnn54)ccc3F)c(=O)cnn21. The summed E-state index contributed by atoms with van der Waals surface area (Å²) in [6, 6.07) is 19.1. The molecule has 10 rings (SSSR count). The molecule has 61 heavy (non-hydrogen) atoms. The molecular formula is C45H32F4N8O4. The molecule has 2 aliphatic rings. The van der Waals surface area contributed by atoms with Crippen LogP contribution in [0.15, 0.2) is 132 Å². The number of ether oxygens (including phenoxy) is 1. The highest BCUT2D eigenvalue weighted by Gasteiger charge is 2.39. The molecule has 0 bridgehead atoms. The van der Waals surface area contributed by atoms with Crippen molar-refractivity contribution in [1.82, 2.24) is 38.7 Å². The van der Waals surface area contributed by atoms with Gasteiger partial charge in [0.25, 0.3) is 0 Å². The minimum Gasteiger partial charge on any atom is -0.503 e. The lowest BCUT2D eigenvalue weighted by atomic mass is 9.82. The lowest BCUT2D eigenvalue weighted by molar-refractivity contribution is 0.328. The Morgan fingerprint density at radius 3 is 1.98 bits per heavy atom. The molecule has 0 aliphatic carbocycles. The third kappa shape index (κ3) is 6.38. The van der Waals surface area contributed by atoms with E-state index in [0.29, 0.717) is 33.9 Å². The van der Waals surface area contributed by atoms with E-state index >= 15 is 8.78 Å². The van der Waals surface area contributed by atoms with Crippen molar-refractivity contribution in [3.8, 4) is 40.3 Å². The summed E-state index contributed by atoms with van der Waals surface area (Å²) < 4.78 is 72.9. The van der Waals surface area contributed by atoms with Gasteiger partial charge < -0.3 is 19.0 Å². The first-order valence-corrected chi connectivity index (χ1v) is 19.2. The van der Waals surface area contributed by atoms with Crippen molar-refractivity contribution < 1.29 is 27.4 Å². The lowest BCUT2D eigenvalue weighted by Gasteiger charge is -2.36. The minimum absolute atomic E-state index is 0.0602. The second-order valence-electron chi connectivity index (χ2n) is 15.1. The Bertz CT molecular complexity index is 3140. The summed E-state index contributed by atoms with van der Waals surface area (Å²) in [5.74, 6) is -4.15. The van der Waals surface area contributed by atoms with Gasteiger partial charge in [0.2, 0.25) is 16.6 Å². The zero-order valence-corrected chi connectivity index (χ0v) is 32.0. The Morgan fingerprint density at radius 2 is 1.28 bits per heavy atom. The highest BCUT2D eigenvalue weighted by Crippen LogP contribution is 2.46. The molecule has 2 aliphatic heterocycles. The van der Waals surface area contributed by atoms with Crippen molar-refractivity contribution >= 4 is 0 Å². The van der Waals surface area contributed by atoms with Crippen LogP contribution in [0.25, 0.3) is 23.0 Å². The lowest BCUT2D eigenvalue weighted by Crippen LogP contribution is -2.33. The van der Waals surface area contributed by atoms with E-state index in [1.165, 1.54) is 71.5 Å². The van der Waals surface area contributed by atoms with Gasteiger partial charge in [-0.25, -0.2) is 27.5 Å². The van der Waals surface area contributed by atoms with Crippen LogP contribution < -0.4 is 15.6 Å². The van der Waals surface area contributed by atoms with Crippen molar-refractivity contribution in [3.63, 3.8) is 0 Å². The monoisotopic (exact) mass is 824 g/mol. The fourth-order valence-corrected chi connectivity index (χ4v) is 8.83. The van der Waals surface area contributed by atoms with E-state index < -0.39 is 63.8 Å². The summed E-state index contributed by atoms with van der Waals surface area (Å²) in [6.45, 7) is 2.27. The average Bonchev–Trinajstić information content (AvgIpc) is 3.93. The Balaban J connectivity index is 1.12. The van der Waals surface area contributed by atoms with E-state index in [0.717, 1.165) is 18.0 Å². The number of rotatable bonds is 8. The fourth-order valence-electron chi connectivity index (χ4n) is 8.83. The van der Waals surface area contributed by atoms with E-state index in [9.17, 15) is 23.5 Å². The molecule has 1 N–H and O–H groups in total. The van der Waals surface area contributed by atoms with Crippen LogP contribution in [-0.4, -0.2) is 43.8 Å². The number of hydrogen-bond donors (Lipinski definition) is 1. The first kappa shape index (κ1) is 37.6. The number of hydrogen-bond acceptors (Lipinski definition) is 8. The normalized spacial score (nSPS) is 16.2. The van der Waals surface area contributed by atoms with Crippen LogP contribution in [-0.2, 0) is 13.1 Å². The highest BCUT2D eigenvalue weighted by atomic mass is 19.1. The predicted molar refractivity (Wildman–Crippen MR) is 213 cm³/mol. The van der Waals surface area contributed by atoms with Gasteiger partial charge in [0.05, 0.1) is 24.5 Å². The third-order valence-corrected chi connectivity index (χ3v) is 11.5. The van der Waals surface area contributed by atoms with Crippen LogP contribution in [0, 0.1) is 30.2 Å². The first-order valence-electron chi connectivity index (χ1n) is 19.2. The van der Waals surface area contributed by atoms with Crippen molar-refractivity contribution in [3.05, 3.63) is 194 Å². The fraction of sp³-hybridized carbons (Fsp3) is 0.156. The second-order valence-corrected chi connectivity index (χ2v) is 15.1. The molecule has 0 fully saturated rings. The molecule has 4 aromatic carbocycles.